The Morgan fingerprint density at radius 1 is 1.07 bits per heavy atom. The van der Waals surface area contributed by atoms with Crippen molar-refractivity contribution in [3.63, 3.8) is 0 Å². The van der Waals surface area contributed by atoms with Crippen LogP contribution in [0, 0.1) is 19.3 Å². The Hall–Kier alpha value is -1.31. The fraction of sp³-hybridized carbons (Fsp3) is 0.417. The molecule has 0 amide bonds. The largest absolute Gasteiger partial charge is 0.388 e. The molecule has 1 aromatic carbocycles. The highest BCUT2D eigenvalue weighted by Crippen LogP contribution is 2.02. The molecule has 3 N–H and O–H groups in total. The number of aryl methyl sites for hydroxylation is 2. The highest BCUT2D eigenvalue weighted by Gasteiger charge is 1.83. The summed E-state index contributed by atoms with van der Waals surface area (Å²) in [6, 6.07) is 8.36. The van der Waals surface area contributed by atoms with Gasteiger partial charge in [-0.25, -0.2) is 0 Å². The third-order valence-electron chi connectivity index (χ3n) is 1.43. The molecule has 0 fully saturated rings. The number of nitrogens with two attached hydrogens (primary N) is 1. The number of hydrogen-bond acceptors (Lipinski definition) is 1. The van der Waals surface area contributed by atoms with Gasteiger partial charge in [-0.15, -0.1) is 0 Å². The van der Waals surface area contributed by atoms with E-state index in [1.54, 1.807) is 0 Å². The Morgan fingerprint density at radius 2 is 1.29 bits per heavy atom. The van der Waals surface area contributed by atoms with Crippen molar-refractivity contribution in [2.45, 2.75) is 34.6 Å². The Bertz CT molecular complexity index is 229. The molecule has 0 aliphatic heterocycles. The van der Waals surface area contributed by atoms with Gasteiger partial charge in [0.15, 0.2) is 0 Å². The predicted octanol–water partition coefficient (Wildman–Crippen LogP) is 3.27. The quantitative estimate of drug-likeness (QED) is 0.483. The molecule has 0 bridgehead atoms. The smallest absolute Gasteiger partial charge is 0.0873 e. The summed E-state index contributed by atoms with van der Waals surface area (Å²) in [5.74, 6) is 0.167. The standard InChI is InChI=1S/C8H10.C2H6N2.C2H6/c1-7-5-3-4-6-8(7)2;1-2(3)4;1-2/h3-6H,1-2H3;1H3,(H3,3,4);1-2H3. The lowest BCUT2D eigenvalue weighted by Crippen LogP contribution is -2.00. The molecule has 0 saturated heterocycles. The van der Waals surface area contributed by atoms with Crippen molar-refractivity contribution in [3.05, 3.63) is 35.4 Å². The summed E-state index contributed by atoms with van der Waals surface area (Å²) < 4.78 is 0. The molecule has 0 saturated carbocycles. The van der Waals surface area contributed by atoms with E-state index in [1.807, 2.05) is 13.8 Å². The van der Waals surface area contributed by atoms with E-state index >= 15 is 0 Å². The first kappa shape index (κ1) is 15.2. The van der Waals surface area contributed by atoms with Crippen molar-refractivity contribution >= 4 is 5.84 Å². The Labute approximate surface area is 87.7 Å². The van der Waals surface area contributed by atoms with E-state index in [1.165, 1.54) is 18.1 Å². The van der Waals surface area contributed by atoms with E-state index < -0.39 is 0 Å². The Balaban J connectivity index is 0. The van der Waals surface area contributed by atoms with Gasteiger partial charge in [0.25, 0.3) is 0 Å². The highest BCUT2D eigenvalue weighted by atomic mass is 14.7. The molecule has 0 atom stereocenters. The van der Waals surface area contributed by atoms with E-state index in [2.05, 4.69) is 38.1 Å². The van der Waals surface area contributed by atoms with Gasteiger partial charge in [-0.2, -0.15) is 0 Å². The molecule has 0 aromatic heterocycles. The number of nitrogens with one attached hydrogen (secondary N) is 1. The zero-order valence-electron chi connectivity index (χ0n) is 9.89. The summed E-state index contributed by atoms with van der Waals surface area (Å²) in [6.07, 6.45) is 0. The number of rotatable bonds is 0. The molecule has 80 valence electrons. The van der Waals surface area contributed by atoms with Crippen molar-refractivity contribution in [2.24, 2.45) is 5.73 Å². The lowest BCUT2D eigenvalue weighted by atomic mass is 10.1. The summed E-state index contributed by atoms with van der Waals surface area (Å²) in [5, 5.41) is 6.28. The molecule has 0 aliphatic rings. The van der Waals surface area contributed by atoms with Crippen LogP contribution < -0.4 is 5.73 Å². The van der Waals surface area contributed by atoms with Crippen LogP contribution in [0.1, 0.15) is 31.9 Å². The average molecular weight is 194 g/mol. The zero-order chi connectivity index (χ0) is 11.6. The monoisotopic (exact) mass is 194 g/mol. The van der Waals surface area contributed by atoms with Crippen molar-refractivity contribution in [1.29, 1.82) is 5.41 Å². The van der Waals surface area contributed by atoms with Crippen LogP contribution in [0.4, 0.5) is 0 Å². The van der Waals surface area contributed by atoms with Gasteiger partial charge in [0.2, 0.25) is 0 Å². The molecule has 0 unspecified atom stereocenters. The van der Waals surface area contributed by atoms with Crippen LogP contribution in [0.2, 0.25) is 0 Å². The molecule has 2 heteroatoms. The minimum atomic E-state index is 0.167. The summed E-state index contributed by atoms with van der Waals surface area (Å²) in [7, 11) is 0. The average Bonchev–Trinajstić information content (AvgIpc) is 2.13. The first-order chi connectivity index (χ1) is 6.54. The minimum Gasteiger partial charge on any atom is -0.388 e. The van der Waals surface area contributed by atoms with E-state index in [-0.39, 0.29) is 5.84 Å². The summed E-state index contributed by atoms with van der Waals surface area (Å²) in [4.78, 5) is 0. The van der Waals surface area contributed by atoms with Crippen LogP contribution >= 0.6 is 0 Å². The van der Waals surface area contributed by atoms with Gasteiger partial charge in [-0.3, -0.25) is 5.41 Å². The number of amidine groups is 1. The second-order valence-electron chi connectivity index (χ2n) is 2.77. The molecule has 14 heavy (non-hydrogen) atoms. The molecule has 1 aromatic rings. The lowest BCUT2D eigenvalue weighted by Gasteiger charge is -1.93. The van der Waals surface area contributed by atoms with Gasteiger partial charge in [-0.05, 0) is 31.9 Å². The lowest BCUT2D eigenvalue weighted by molar-refractivity contribution is 1.34. The van der Waals surface area contributed by atoms with Crippen LogP contribution in [-0.4, -0.2) is 5.84 Å². The van der Waals surface area contributed by atoms with Gasteiger partial charge < -0.3 is 5.73 Å². The molecule has 0 radical (unpaired) electrons. The fourth-order valence-corrected chi connectivity index (χ4v) is 0.663. The number of benzene rings is 1. The first-order valence-corrected chi connectivity index (χ1v) is 4.87. The SMILES string of the molecule is CC.CC(=N)N.Cc1ccccc1C. The molecular formula is C12H22N2. The first-order valence-electron chi connectivity index (χ1n) is 4.87. The molecule has 0 aliphatic carbocycles. The third kappa shape index (κ3) is 10.7. The Morgan fingerprint density at radius 3 is 1.43 bits per heavy atom. The molecular weight excluding hydrogens is 172 g/mol. The van der Waals surface area contributed by atoms with Crippen LogP contribution in [0.5, 0.6) is 0 Å². The van der Waals surface area contributed by atoms with Crippen LogP contribution in [0.3, 0.4) is 0 Å². The van der Waals surface area contributed by atoms with Crippen molar-refractivity contribution in [1.82, 2.24) is 0 Å². The molecule has 2 nitrogen and oxygen atoms in total. The van der Waals surface area contributed by atoms with E-state index in [9.17, 15) is 0 Å². The maximum absolute atomic E-state index is 6.28. The summed E-state index contributed by atoms with van der Waals surface area (Å²) in [6.45, 7) is 9.77. The highest BCUT2D eigenvalue weighted by molar-refractivity contribution is 5.73. The molecule has 1 rings (SSSR count). The van der Waals surface area contributed by atoms with Gasteiger partial charge in [0.05, 0.1) is 5.84 Å². The normalized spacial score (nSPS) is 7.50. The van der Waals surface area contributed by atoms with Gasteiger partial charge in [-0.1, -0.05) is 38.1 Å². The fourth-order valence-electron chi connectivity index (χ4n) is 0.663. The predicted molar refractivity (Wildman–Crippen MR) is 64.9 cm³/mol. The van der Waals surface area contributed by atoms with E-state index in [0.717, 1.165) is 0 Å². The second-order valence-corrected chi connectivity index (χ2v) is 2.77. The minimum absolute atomic E-state index is 0.167. The van der Waals surface area contributed by atoms with E-state index in [4.69, 9.17) is 11.1 Å². The van der Waals surface area contributed by atoms with Gasteiger partial charge in [0, 0.05) is 0 Å². The van der Waals surface area contributed by atoms with Crippen LogP contribution in [-0.2, 0) is 0 Å². The maximum atomic E-state index is 6.28. The van der Waals surface area contributed by atoms with Crippen molar-refractivity contribution in [3.8, 4) is 0 Å². The van der Waals surface area contributed by atoms with Crippen molar-refractivity contribution < 1.29 is 0 Å². The van der Waals surface area contributed by atoms with Gasteiger partial charge >= 0.3 is 0 Å². The van der Waals surface area contributed by atoms with Crippen LogP contribution in [0.15, 0.2) is 24.3 Å². The van der Waals surface area contributed by atoms with E-state index in [0.29, 0.717) is 0 Å². The Kier molecular flexibility index (Phi) is 10.6. The third-order valence-corrected chi connectivity index (χ3v) is 1.43. The maximum Gasteiger partial charge on any atom is 0.0873 e. The molecule has 0 spiro atoms. The molecule has 0 heterocycles. The van der Waals surface area contributed by atoms with Crippen LogP contribution in [0.25, 0.3) is 0 Å². The summed E-state index contributed by atoms with van der Waals surface area (Å²) in [5.41, 5.74) is 7.43. The number of hydrogen-bond donors (Lipinski definition) is 2. The van der Waals surface area contributed by atoms with Gasteiger partial charge in [0.1, 0.15) is 0 Å². The van der Waals surface area contributed by atoms with Crippen molar-refractivity contribution in [2.75, 3.05) is 0 Å². The summed E-state index contributed by atoms with van der Waals surface area (Å²) >= 11 is 0. The topological polar surface area (TPSA) is 49.9 Å². The zero-order valence-corrected chi connectivity index (χ0v) is 9.89. The second kappa shape index (κ2) is 9.78.